The van der Waals surface area contributed by atoms with E-state index in [1.54, 1.807) is 30.3 Å². The highest BCUT2D eigenvalue weighted by molar-refractivity contribution is 8.26. The lowest BCUT2D eigenvalue weighted by Crippen LogP contribution is -2.40. The molecule has 2 aromatic rings. The Kier molecular flexibility index (Phi) is 6.79. The number of carbonyl (C=O) groups excluding carboxylic acids is 2. The summed E-state index contributed by atoms with van der Waals surface area (Å²) in [6.07, 6.45) is 2.16. The molecule has 1 aliphatic heterocycles. The third-order valence-electron chi connectivity index (χ3n) is 4.10. The lowest BCUT2D eigenvalue weighted by molar-refractivity contribution is -0.128. The van der Waals surface area contributed by atoms with Crippen LogP contribution in [-0.4, -0.2) is 44.3 Å². The van der Waals surface area contributed by atoms with Gasteiger partial charge in [0.2, 0.25) is 5.91 Å². The Morgan fingerprint density at radius 3 is 2.72 bits per heavy atom. The number of hydrogen-bond donors (Lipinski definition) is 3. The summed E-state index contributed by atoms with van der Waals surface area (Å²) in [7, 11) is 0. The smallest absolute Gasteiger partial charge is 0.266 e. The third kappa shape index (κ3) is 5.50. The largest absolute Gasteiger partial charge is 0.504 e. The van der Waals surface area contributed by atoms with Gasteiger partial charge in [-0.25, -0.2) is 0 Å². The zero-order valence-electron chi connectivity index (χ0n) is 15.1. The van der Waals surface area contributed by atoms with E-state index >= 15 is 0 Å². The number of phenols is 2. The molecule has 1 heterocycles. The van der Waals surface area contributed by atoms with Crippen LogP contribution in [0.4, 0.5) is 0 Å². The first-order valence-electron chi connectivity index (χ1n) is 8.62. The summed E-state index contributed by atoms with van der Waals surface area (Å²) in [5.41, 5.74) is 1.54. The molecule has 0 aliphatic carbocycles. The molecule has 1 fully saturated rings. The van der Waals surface area contributed by atoms with Crippen molar-refractivity contribution >= 4 is 57.8 Å². The summed E-state index contributed by atoms with van der Waals surface area (Å²) < 4.78 is 0.321. The minimum Gasteiger partial charge on any atom is -0.504 e. The van der Waals surface area contributed by atoms with Gasteiger partial charge in [0.15, 0.2) is 11.5 Å². The van der Waals surface area contributed by atoms with Crippen LogP contribution in [0.25, 0.3) is 6.08 Å². The van der Waals surface area contributed by atoms with Crippen molar-refractivity contribution in [1.82, 2.24) is 10.2 Å². The minimum absolute atomic E-state index is 0.168. The lowest BCUT2D eigenvalue weighted by atomic mass is 10.1. The van der Waals surface area contributed by atoms with Crippen LogP contribution in [0, 0.1) is 0 Å². The van der Waals surface area contributed by atoms with E-state index in [0.29, 0.717) is 27.2 Å². The number of halogens is 1. The number of thioether (sulfide) groups is 1. The predicted octanol–water partition coefficient (Wildman–Crippen LogP) is 3.31. The maximum Gasteiger partial charge on any atom is 0.266 e. The van der Waals surface area contributed by atoms with Gasteiger partial charge in [-0.3, -0.25) is 14.5 Å². The van der Waals surface area contributed by atoms with Gasteiger partial charge >= 0.3 is 0 Å². The van der Waals surface area contributed by atoms with Gasteiger partial charge in [0.1, 0.15) is 10.9 Å². The molecule has 9 heteroatoms. The van der Waals surface area contributed by atoms with Gasteiger partial charge in [-0.15, -0.1) is 0 Å². The second-order valence-electron chi connectivity index (χ2n) is 6.25. The molecule has 3 rings (SSSR count). The summed E-state index contributed by atoms with van der Waals surface area (Å²) in [5.74, 6) is -1.07. The summed E-state index contributed by atoms with van der Waals surface area (Å²) in [4.78, 5) is 26.5. The Morgan fingerprint density at radius 2 is 2.00 bits per heavy atom. The normalized spacial score (nSPS) is 15.2. The molecule has 6 nitrogen and oxygen atoms in total. The van der Waals surface area contributed by atoms with Crippen LogP contribution >= 0.6 is 35.6 Å². The number of nitrogens with one attached hydrogen (secondary N) is 1. The van der Waals surface area contributed by atoms with Crippen molar-refractivity contribution in [1.29, 1.82) is 0 Å². The van der Waals surface area contributed by atoms with Crippen LogP contribution in [0.2, 0.25) is 5.02 Å². The zero-order chi connectivity index (χ0) is 21.0. The summed E-state index contributed by atoms with van der Waals surface area (Å²) in [6, 6.07) is 11.6. The van der Waals surface area contributed by atoms with Gasteiger partial charge in [0.25, 0.3) is 5.91 Å². The molecule has 1 aliphatic rings. The van der Waals surface area contributed by atoms with Crippen molar-refractivity contribution in [3.8, 4) is 11.5 Å². The van der Waals surface area contributed by atoms with Crippen LogP contribution in [0.1, 0.15) is 11.1 Å². The predicted molar refractivity (Wildman–Crippen MR) is 118 cm³/mol. The number of phenolic OH excluding ortho intramolecular Hbond substituents is 2. The van der Waals surface area contributed by atoms with Crippen molar-refractivity contribution in [2.45, 2.75) is 6.42 Å². The van der Waals surface area contributed by atoms with Crippen molar-refractivity contribution in [2.24, 2.45) is 0 Å². The Hall–Kier alpha value is -2.55. The van der Waals surface area contributed by atoms with Crippen molar-refractivity contribution in [2.75, 3.05) is 13.1 Å². The molecule has 3 N–H and O–H groups in total. The number of carbonyl (C=O) groups is 2. The highest BCUT2D eigenvalue weighted by Gasteiger charge is 2.33. The first-order valence-corrected chi connectivity index (χ1v) is 10.2. The molecule has 0 radical (unpaired) electrons. The molecular formula is C20H17ClN2O4S2. The molecule has 0 saturated carbocycles. The second kappa shape index (κ2) is 9.30. The van der Waals surface area contributed by atoms with Gasteiger partial charge in [0, 0.05) is 11.6 Å². The van der Waals surface area contributed by atoms with E-state index in [-0.39, 0.29) is 29.9 Å². The number of aromatic hydroxyl groups is 2. The molecule has 1 saturated heterocycles. The van der Waals surface area contributed by atoms with E-state index in [0.717, 1.165) is 22.9 Å². The van der Waals surface area contributed by atoms with Crippen molar-refractivity contribution < 1.29 is 19.8 Å². The molecule has 0 bridgehead atoms. The third-order valence-corrected chi connectivity index (χ3v) is 5.71. The molecule has 0 atom stereocenters. The van der Waals surface area contributed by atoms with E-state index < -0.39 is 0 Å². The van der Waals surface area contributed by atoms with Crippen molar-refractivity contribution in [3.05, 3.63) is 63.5 Å². The van der Waals surface area contributed by atoms with E-state index in [2.05, 4.69) is 5.32 Å². The summed E-state index contributed by atoms with van der Waals surface area (Å²) in [6.45, 7) is 0.147. The van der Waals surface area contributed by atoms with Crippen molar-refractivity contribution in [3.63, 3.8) is 0 Å². The fourth-order valence-electron chi connectivity index (χ4n) is 2.65. The van der Waals surface area contributed by atoms with Crippen LogP contribution < -0.4 is 5.32 Å². The molecule has 29 heavy (non-hydrogen) atoms. The number of benzene rings is 2. The van der Waals surface area contributed by atoms with Gasteiger partial charge in [-0.2, -0.15) is 0 Å². The topological polar surface area (TPSA) is 89.9 Å². The van der Waals surface area contributed by atoms with Crippen LogP contribution in [-0.2, 0) is 16.0 Å². The van der Waals surface area contributed by atoms with E-state index in [1.165, 1.54) is 17.0 Å². The van der Waals surface area contributed by atoms with Gasteiger partial charge < -0.3 is 15.5 Å². The molecule has 2 aromatic carbocycles. The number of nitrogens with zero attached hydrogens (tertiary/aromatic N) is 1. The molecule has 0 spiro atoms. The van der Waals surface area contributed by atoms with Crippen LogP contribution in [0.15, 0.2) is 47.4 Å². The second-order valence-corrected chi connectivity index (χ2v) is 8.36. The maximum atomic E-state index is 12.6. The van der Waals surface area contributed by atoms with E-state index in [4.69, 9.17) is 23.8 Å². The Bertz CT molecular complexity index is 1010. The van der Waals surface area contributed by atoms with Gasteiger partial charge in [0.05, 0.1) is 4.91 Å². The summed E-state index contributed by atoms with van der Waals surface area (Å²) >= 11 is 12.3. The van der Waals surface area contributed by atoms with Crippen LogP contribution in [0.5, 0.6) is 11.5 Å². The number of thiocarbonyl (C=S) groups is 1. The lowest BCUT2D eigenvalue weighted by Gasteiger charge is -2.14. The monoisotopic (exact) mass is 448 g/mol. The Labute approximate surface area is 182 Å². The van der Waals surface area contributed by atoms with Crippen LogP contribution in [0.3, 0.4) is 0 Å². The highest BCUT2D eigenvalue weighted by Crippen LogP contribution is 2.32. The fraction of sp³-hybridized carbons (Fsp3) is 0.150. The zero-order valence-corrected chi connectivity index (χ0v) is 17.5. The minimum atomic E-state index is -0.340. The number of hydrogen-bond acceptors (Lipinski definition) is 6. The Morgan fingerprint density at radius 1 is 1.21 bits per heavy atom. The first-order chi connectivity index (χ1) is 13.8. The van der Waals surface area contributed by atoms with Gasteiger partial charge in [-0.05, 0) is 47.9 Å². The fourth-order valence-corrected chi connectivity index (χ4v) is 4.11. The first kappa shape index (κ1) is 21.2. The SMILES string of the molecule is O=C(CN1C(=O)C(=Cc2cccc(Cl)c2)SC1=S)NCCc1ccc(O)c(O)c1. The molecule has 2 amide bonds. The number of amides is 2. The van der Waals surface area contributed by atoms with Gasteiger partial charge in [-0.1, -0.05) is 53.8 Å². The average molecular weight is 449 g/mol. The van der Waals surface area contributed by atoms with E-state index in [1.807, 2.05) is 6.07 Å². The molecule has 0 aromatic heterocycles. The molecule has 0 unspecified atom stereocenters. The van der Waals surface area contributed by atoms with E-state index in [9.17, 15) is 19.8 Å². The average Bonchev–Trinajstić information content (AvgIpc) is 2.92. The Balaban J connectivity index is 1.55. The highest BCUT2D eigenvalue weighted by atomic mass is 35.5. The summed E-state index contributed by atoms with van der Waals surface area (Å²) in [5, 5.41) is 22.1. The maximum absolute atomic E-state index is 12.6. The number of rotatable bonds is 6. The molecular weight excluding hydrogens is 432 g/mol. The molecule has 150 valence electrons. The quantitative estimate of drug-likeness (QED) is 0.357. The standard InChI is InChI=1S/C20H17ClN2O4S2/c21-14-3-1-2-13(8-14)10-17-19(27)23(20(28)29-17)11-18(26)22-7-6-12-4-5-15(24)16(25)9-12/h1-5,8-10,24-25H,6-7,11H2,(H,22,26).